The number of amides is 1. The Morgan fingerprint density at radius 1 is 1.24 bits per heavy atom. The number of hydrogen-bond donors (Lipinski definition) is 0. The second-order valence-electron chi connectivity index (χ2n) is 6.34. The van der Waals surface area contributed by atoms with Gasteiger partial charge in [0.1, 0.15) is 0 Å². The molecule has 1 fully saturated rings. The van der Waals surface area contributed by atoms with E-state index in [1.165, 1.54) is 11.8 Å². The van der Waals surface area contributed by atoms with E-state index in [1.54, 1.807) is 19.1 Å². The van der Waals surface area contributed by atoms with Crippen molar-refractivity contribution in [1.82, 2.24) is 4.90 Å². The lowest BCUT2D eigenvalue weighted by atomic mass is 10.0. The lowest BCUT2D eigenvalue weighted by Gasteiger charge is -2.14. The summed E-state index contributed by atoms with van der Waals surface area (Å²) in [5.41, 5.74) is 2.64. The maximum absolute atomic E-state index is 12.7. The van der Waals surface area contributed by atoms with Gasteiger partial charge in [-0.05, 0) is 61.0 Å². The summed E-state index contributed by atoms with van der Waals surface area (Å²) in [6.45, 7) is 6.27. The molecule has 1 aliphatic heterocycles. The number of ether oxygens (including phenoxy) is 2. The molecule has 3 rings (SSSR count). The van der Waals surface area contributed by atoms with Gasteiger partial charge in [0.05, 0.1) is 24.3 Å². The zero-order valence-corrected chi connectivity index (χ0v) is 17.7. The molecule has 0 atom stereocenters. The van der Waals surface area contributed by atoms with Crippen LogP contribution in [0.2, 0.25) is 0 Å². The van der Waals surface area contributed by atoms with Crippen molar-refractivity contribution >= 4 is 34.6 Å². The number of allylic oxidation sites excluding steroid dienone is 1. The molecule has 1 amide bonds. The first kappa shape index (κ1) is 20.7. The average Bonchev–Trinajstić information content (AvgIpc) is 2.97. The molecule has 0 bridgehead atoms. The Balaban J connectivity index is 1.97. The molecule has 150 valence electrons. The summed E-state index contributed by atoms with van der Waals surface area (Å²) in [4.78, 5) is 19.5. The van der Waals surface area contributed by atoms with Gasteiger partial charge in [0.15, 0.2) is 16.7 Å². The molecule has 2 aromatic rings. The van der Waals surface area contributed by atoms with E-state index < -0.39 is 0 Å². The predicted octanol–water partition coefficient (Wildman–Crippen LogP) is 5.06. The van der Waals surface area contributed by atoms with Crippen LogP contribution in [-0.2, 0) is 11.2 Å². The molecule has 0 aromatic heterocycles. The van der Waals surface area contributed by atoms with Crippen molar-refractivity contribution in [2.75, 3.05) is 20.8 Å². The summed E-state index contributed by atoms with van der Waals surface area (Å²) in [6.07, 6.45) is 4.33. The molecule has 1 aliphatic rings. The first-order chi connectivity index (χ1) is 14.1. The van der Waals surface area contributed by atoms with Crippen LogP contribution in [0.25, 0.3) is 6.08 Å². The number of carbonyl (C=O) groups is 1. The molecule has 2 aromatic carbocycles. The van der Waals surface area contributed by atoms with Gasteiger partial charge in [-0.1, -0.05) is 24.3 Å². The molecule has 0 spiro atoms. The standard InChI is InChI=1S/C23H24N2O3S/c1-5-10-17-13-16(14-19(28-6-2)21(17)27-4)15-20-22(26)25(3)23(29-20)24-18-11-8-7-9-12-18/h5,7-9,11-15H,1,6,10H2,2-4H3/b20-15+,24-23?. The maximum Gasteiger partial charge on any atom is 0.266 e. The number of aliphatic imine (C=N–C) groups is 1. The minimum Gasteiger partial charge on any atom is -0.493 e. The molecular formula is C23H24N2O3S. The maximum atomic E-state index is 12.7. The van der Waals surface area contributed by atoms with Gasteiger partial charge in [0, 0.05) is 12.6 Å². The Hall–Kier alpha value is -2.99. The second kappa shape index (κ2) is 9.47. The van der Waals surface area contributed by atoms with Crippen LogP contribution in [0.3, 0.4) is 0 Å². The lowest BCUT2D eigenvalue weighted by molar-refractivity contribution is -0.121. The van der Waals surface area contributed by atoms with Crippen LogP contribution in [0.1, 0.15) is 18.1 Å². The number of nitrogens with zero attached hydrogens (tertiary/aromatic N) is 2. The number of benzene rings is 2. The fraction of sp³-hybridized carbons (Fsp3) is 0.217. The summed E-state index contributed by atoms with van der Waals surface area (Å²) in [5, 5.41) is 0.650. The van der Waals surface area contributed by atoms with Gasteiger partial charge in [0.25, 0.3) is 5.91 Å². The van der Waals surface area contributed by atoms with Gasteiger partial charge in [-0.2, -0.15) is 0 Å². The largest absolute Gasteiger partial charge is 0.493 e. The molecule has 0 unspecified atom stereocenters. The number of amidine groups is 1. The van der Waals surface area contributed by atoms with Crippen molar-refractivity contribution in [3.05, 3.63) is 71.2 Å². The van der Waals surface area contributed by atoms with Gasteiger partial charge in [-0.3, -0.25) is 9.69 Å². The van der Waals surface area contributed by atoms with E-state index in [-0.39, 0.29) is 5.91 Å². The molecule has 6 heteroatoms. The van der Waals surface area contributed by atoms with Crippen LogP contribution in [0.5, 0.6) is 11.5 Å². The normalized spacial score (nSPS) is 16.5. The Bertz CT molecular complexity index is 968. The topological polar surface area (TPSA) is 51.1 Å². The van der Waals surface area contributed by atoms with E-state index in [1.807, 2.05) is 61.5 Å². The average molecular weight is 409 g/mol. The van der Waals surface area contributed by atoms with Crippen LogP contribution in [0, 0.1) is 0 Å². The van der Waals surface area contributed by atoms with Crippen LogP contribution in [0.4, 0.5) is 5.69 Å². The van der Waals surface area contributed by atoms with Gasteiger partial charge in [-0.25, -0.2) is 4.99 Å². The first-order valence-electron chi connectivity index (χ1n) is 9.33. The fourth-order valence-corrected chi connectivity index (χ4v) is 3.97. The monoisotopic (exact) mass is 408 g/mol. The van der Waals surface area contributed by atoms with Crippen molar-refractivity contribution in [2.45, 2.75) is 13.3 Å². The highest BCUT2D eigenvalue weighted by Crippen LogP contribution is 2.37. The van der Waals surface area contributed by atoms with Gasteiger partial charge in [0.2, 0.25) is 0 Å². The number of thioether (sulfide) groups is 1. The third-order valence-corrected chi connectivity index (χ3v) is 5.36. The van der Waals surface area contributed by atoms with Crippen LogP contribution >= 0.6 is 11.8 Å². The van der Waals surface area contributed by atoms with Crippen molar-refractivity contribution in [3.63, 3.8) is 0 Å². The SMILES string of the molecule is C=CCc1cc(/C=C2/SC(=Nc3ccccc3)N(C)C2=O)cc(OCC)c1OC. The molecule has 1 heterocycles. The van der Waals surface area contributed by atoms with Crippen molar-refractivity contribution in [1.29, 1.82) is 0 Å². The lowest BCUT2D eigenvalue weighted by Crippen LogP contribution is -2.23. The smallest absolute Gasteiger partial charge is 0.266 e. The number of para-hydroxylation sites is 1. The highest BCUT2D eigenvalue weighted by Gasteiger charge is 2.30. The van der Waals surface area contributed by atoms with E-state index >= 15 is 0 Å². The fourth-order valence-electron chi connectivity index (χ4n) is 2.98. The zero-order chi connectivity index (χ0) is 20.8. The number of likely N-dealkylation sites (N-methyl/N-ethyl adjacent to an activating group) is 1. The molecular weight excluding hydrogens is 384 g/mol. The summed E-state index contributed by atoms with van der Waals surface area (Å²) in [5.74, 6) is 1.27. The minimum absolute atomic E-state index is 0.0799. The molecule has 0 saturated carbocycles. The van der Waals surface area contributed by atoms with E-state index in [0.717, 1.165) is 16.8 Å². The Labute approximate surface area is 175 Å². The number of rotatable bonds is 7. The van der Waals surface area contributed by atoms with Crippen molar-refractivity contribution < 1.29 is 14.3 Å². The number of carbonyl (C=O) groups excluding carboxylic acids is 1. The summed E-state index contributed by atoms with van der Waals surface area (Å²) in [6, 6.07) is 13.5. The van der Waals surface area contributed by atoms with Crippen LogP contribution < -0.4 is 9.47 Å². The zero-order valence-electron chi connectivity index (χ0n) is 16.8. The van der Waals surface area contributed by atoms with Crippen molar-refractivity contribution in [2.24, 2.45) is 4.99 Å². The van der Waals surface area contributed by atoms with Gasteiger partial charge in [-0.15, -0.1) is 6.58 Å². The molecule has 1 saturated heterocycles. The van der Waals surface area contributed by atoms with Crippen LogP contribution in [0.15, 0.2) is 65.0 Å². The molecule has 5 nitrogen and oxygen atoms in total. The van der Waals surface area contributed by atoms with Gasteiger partial charge >= 0.3 is 0 Å². The highest BCUT2D eigenvalue weighted by molar-refractivity contribution is 8.18. The molecule has 29 heavy (non-hydrogen) atoms. The molecule has 0 aliphatic carbocycles. The quantitative estimate of drug-likeness (QED) is 0.475. The van der Waals surface area contributed by atoms with Crippen LogP contribution in [-0.4, -0.2) is 36.7 Å². The van der Waals surface area contributed by atoms with E-state index in [4.69, 9.17) is 9.47 Å². The number of methoxy groups -OCH3 is 1. The second-order valence-corrected chi connectivity index (χ2v) is 7.35. The summed E-state index contributed by atoms with van der Waals surface area (Å²) in [7, 11) is 3.36. The van der Waals surface area contributed by atoms with E-state index in [2.05, 4.69) is 11.6 Å². The first-order valence-corrected chi connectivity index (χ1v) is 10.1. The summed E-state index contributed by atoms with van der Waals surface area (Å²) >= 11 is 1.36. The number of hydrogen-bond acceptors (Lipinski definition) is 5. The van der Waals surface area contributed by atoms with Gasteiger partial charge < -0.3 is 9.47 Å². The Morgan fingerprint density at radius 2 is 2.00 bits per heavy atom. The van der Waals surface area contributed by atoms with E-state index in [0.29, 0.717) is 34.6 Å². The third-order valence-electron chi connectivity index (χ3n) is 4.30. The molecule has 0 radical (unpaired) electrons. The predicted molar refractivity (Wildman–Crippen MR) is 120 cm³/mol. The Kier molecular flexibility index (Phi) is 6.77. The third kappa shape index (κ3) is 4.71. The summed E-state index contributed by atoms with van der Waals surface area (Å²) < 4.78 is 11.3. The molecule has 0 N–H and O–H groups in total. The highest BCUT2D eigenvalue weighted by atomic mass is 32.2. The minimum atomic E-state index is -0.0799. The van der Waals surface area contributed by atoms with E-state index in [9.17, 15) is 4.79 Å². The van der Waals surface area contributed by atoms with Crippen molar-refractivity contribution in [3.8, 4) is 11.5 Å². The Morgan fingerprint density at radius 3 is 2.66 bits per heavy atom.